The molecule has 3 heterocycles. The third-order valence-corrected chi connectivity index (χ3v) is 7.07. The SMILES string of the molecule is C=C1C(=O)O[C@H]2[C@H]1[C@@H](OC(=O)C1(C)CO1)CC(=C)[C@@H]1C[C@H](OC(C)=O)[C@@]3(CO3)[C@H]21. The van der Waals surface area contributed by atoms with Crippen molar-refractivity contribution in [2.24, 2.45) is 17.8 Å². The molecule has 0 aromatic carbocycles. The van der Waals surface area contributed by atoms with Crippen LogP contribution in [0.3, 0.4) is 0 Å². The Morgan fingerprint density at radius 1 is 1.17 bits per heavy atom. The van der Waals surface area contributed by atoms with Gasteiger partial charge in [-0.3, -0.25) is 4.79 Å². The van der Waals surface area contributed by atoms with Gasteiger partial charge < -0.3 is 23.7 Å². The molecule has 2 aliphatic carbocycles. The summed E-state index contributed by atoms with van der Waals surface area (Å²) in [7, 11) is 0. The average Bonchev–Trinajstić information content (AvgIpc) is 3.53. The lowest BCUT2D eigenvalue weighted by Crippen LogP contribution is -2.44. The van der Waals surface area contributed by atoms with E-state index in [2.05, 4.69) is 13.2 Å². The van der Waals surface area contributed by atoms with E-state index >= 15 is 0 Å². The van der Waals surface area contributed by atoms with Crippen LogP contribution in [0.1, 0.15) is 26.7 Å². The molecular formula is C21H24O8. The van der Waals surface area contributed by atoms with Gasteiger partial charge in [0.15, 0.2) is 5.60 Å². The van der Waals surface area contributed by atoms with Gasteiger partial charge in [-0.1, -0.05) is 18.7 Å². The fraction of sp³-hybridized carbons (Fsp3) is 0.667. The van der Waals surface area contributed by atoms with E-state index in [-0.39, 0.29) is 23.4 Å². The zero-order chi connectivity index (χ0) is 20.7. The molecular weight excluding hydrogens is 380 g/mol. The van der Waals surface area contributed by atoms with Gasteiger partial charge in [0.25, 0.3) is 0 Å². The van der Waals surface area contributed by atoms with Gasteiger partial charge >= 0.3 is 17.9 Å². The van der Waals surface area contributed by atoms with Crippen molar-refractivity contribution < 1.29 is 38.1 Å². The van der Waals surface area contributed by atoms with Crippen molar-refractivity contribution in [3.8, 4) is 0 Å². The highest BCUT2D eigenvalue weighted by atomic mass is 16.7. The third kappa shape index (κ3) is 2.69. The van der Waals surface area contributed by atoms with Gasteiger partial charge in [-0.2, -0.15) is 0 Å². The number of ether oxygens (including phenoxy) is 5. The first-order valence-electron chi connectivity index (χ1n) is 9.90. The van der Waals surface area contributed by atoms with Gasteiger partial charge in [0, 0.05) is 24.8 Å². The molecule has 5 rings (SSSR count). The molecule has 8 atom stereocenters. The Balaban J connectivity index is 1.49. The summed E-state index contributed by atoms with van der Waals surface area (Å²) < 4.78 is 28.1. The van der Waals surface area contributed by atoms with Crippen LogP contribution in [0.15, 0.2) is 24.3 Å². The number of esters is 3. The standard InChI is InChI=1S/C21H24O8/c1-9-5-13(28-19(24)20(4)7-25-20)15-10(2)18(23)29-17(15)16-12(9)6-14(27-11(3)22)21(16)8-26-21/h12-17H,1-2,5-8H2,3-4H3/t12-,13-,14-,15+,16-,17-,20?,21-/m0/s1. The molecule has 5 fully saturated rings. The molecule has 3 aliphatic heterocycles. The summed E-state index contributed by atoms with van der Waals surface area (Å²) in [5, 5.41) is 0. The Hall–Kier alpha value is -2.19. The third-order valence-electron chi connectivity index (χ3n) is 7.07. The van der Waals surface area contributed by atoms with Crippen molar-refractivity contribution >= 4 is 17.9 Å². The van der Waals surface area contributed by atoms with Crippen LogP contribution in [0, 0.1) is 17.8 Å². The molecule has 0 aromatic rings. The molecule has 1 unspecified atom stereocenters. The summed E-state index contributed by atoms with van der Waals surface area (Å²) in [6.45, 7) is 11.9. The first kappa shape index (κ1) is 18.8. The zero-order valence-electron chi connectivity index (χ0n) is 16.5. The van der Waals surface area contributed by atoms with Gasteiger partial charge in [0.05, 0.1) is 19.1 Å². The summed E-state index contributed by atoms with van der Waals surface area (Å²) in [5.74, 6) is -2.14. The predicted octanol–water partition coefficient (Wildman–Crippen LogP) is 1.08. The molecule has 156 valence electrons. The van der Waals surface area contributed by atoms with Gasteiger partial charge in [-0.25, -0.2) is 9.59 Å². The molecule has 2 saturated carbocycles. The lowest BCUT2D eigenvalue weighted by Gasteiger charge is -2.30. The van der Waals surface area contributed by atoms with Gasteiger partial charge in [-0.15, -0.1) is 0 Å². The summed E-state index contributed by atoms with van der Waals surface area (Å²) in [4.78, 5) is 36.6. The second-order valence-electron chi connectivity index (χ2n) is 8.96. The molecule has 29 heavy (non-hydrogen) atoms. The largest absolute Gasteiger partial charge is 0.459 e. The summed E-state index contributed by atoms with van der Waals surface area (Å²) in [6.07, 6.45) is -0.694. The maximum atomic E-state index is 12.5. The number of rotatable bonds is 3. The maximum absolute atomic E-state index is 12.5. The summed E-state index contributed by atoms with van der Waals surface area (Å²) >= 11 is 0. The topological polar surface area (TPSA) is 104 Å². The molecule has 0 aromatic heterocycles. The number of hydrogen-bond donors (Lipinski definition) is 0. The second kappa shape index (κ2) is 5.92. The first-order valence-corrected chi connectivity index (χ1v) is 9.90. The van der Waals surface area contributed by atoms with E-state index < -0.39 is 47.4 Å². The minimum atomic E-state index is -0.926. The van der Waals surface area contributed by atoms with Crippen molar-refractivity contribution in [3.63, 3.8) is 0 Å². The summed E-state index contributed by atoms with van der Waals surface area (Å²) in [6, 6.07) is 0. The van der Waals surface area contributed by atoms with Crippen molar-refractivity contribution in [1.29, 1.82) is 0 Å². The highest BCUT2D eigenvalue weighted by Crippen LogP contribution is 2.61. The van der Waals surface area contributed by atoms with E-state index in [0.717, 1.165) is 5.57 Å². The summed E-state index contributed by atoms with van der Waals surface area (Å²) in [5.41, 5.74) is -0.463. The first-order chi connectivity index (χ1) is 13.7. The number of fused-ring (bicyclic) bond motifs is 4. The van der Waals surface area contributed by atoms with E-state index in [1.807, 2.05) is 0 Å². The fourth-order valence-corrected chi connectivity index (χ4v) is 5.35. The normalized spacial score (nSPS) is 47.2. The highest BCUT2D eigenvalue weighted by Gasteiger charge is 2.72. The average molecular weight is 404 g/mol. The number of carbonyl (C=O) groups is 3. The smallest absolute Gasteiger partial charge is 0.340 e. The maximum Gasteiger partial charge on any atom is 0.340 e. The molecule has 0 radical (unpaired) electrons. The molecule has 0 N–H and O–H groups in total. The lowest BCUT2D eigenvalue weighted by atomic mass is 9.78. The van der Waals surface area contributed by atoms with Crippen molar-refractivity contribution in [1.82, 2.24) is 0 Å². The highest BCUT2D eigenvalue weighted by molar-refractivity contribution is 5.91. The van der Waals surface area contributed by atoms with Crippen LogP contribution < -0.4 is 0 Å². The Morgan fingerprint density at radius 2 is 1.86 bits per heavy atom. The number of carbonyl (C=O) groups excluding carboxylic acids is 3. The van der Waals surface area contributed by atoms with E-state index in [0.29, 0.717) is 26.1 Å². The van der Waals surface area contributed by atoms with Crippen LogP contribution in [-0.4, -0.2) is 60.6 Å². The quantitative estimate of drug-likeness (QED) is 0.226. The molecule has 0 amide bonds. The fourth-order valence-electron chi connectivity index (χ4n) is 5.35. The van der Waals surface area contributed by atoms with Gasteiger partial charge in [-0.05, 0) is 19.3 Å². The molecule has 1 spiro atoms. The Labute approximate surface area is 168 Å². The van der Waals surface area contributed by atoms with Crippen molar-refractivity contribution in [2.45, 2.75) is 56.2 Å². The van der Waals surface area contributed by atoms with Crippen LogP contribution in [0.2, 0.25) is 0 Å². The van der Waals surface area contributed by atoms with E-state index in [4.69, 9.17) is 23.7 Å². The Bertz CT molecular complexity index is 836. The second-order valence-corrected chi connectivity index (χ2v) is 8.96. The molecule has 5 aliphatic rings. The number of hydrogen-bond acceptors (Lipinski definition) is 8. The molecule has 8 heteroatoms. The van der Waals surface area contributed by atoms with Crippen LogP contribution in [0.4, 0.5) is 0 Å². The monoisotopic (exact) mass is 404 g/mol. The van der Waals surface area contributed by atoms with Crippen molar-refractivity contribution in [3.05, 3.63) is 24.3 Å². The van der Waals surface area contributed by atoms with Gasteiger partial charge in [0.1, 0.15) is 23.9 Å². The molecule has 3 saturated heterocycles. The van der Waals surface area contributed by atoms with Crippen LogP contribution in [0.25, 0.3) is 0 Å². The van der Waals surface area contributed by atoms with Crippen LogP contribution in [-0.2, 0) is 38.1 Å². The minimum Gasteiger partial charge on any atom is -0.459 e. The van der Waals surface area contributed by atoms with E-state index in [9.17, 15) is 14.4 Å². The predicted molar refractivity (Wildman–Crippen MR) is 96.3 cm³/mol. The Morgan fingerprint density at radius 3 is 2.45 bits per heavy atom. The minimum absolute atomic E-state index is 0.0792. The lowest BCUT2D eigenvalue weighted by molar-refractivity contribution is -0.160. The van der Waals surface area contributed by atoms with E-state index in [1.165, 1.54) is 6.92 Å². The van der Waals surface area contributed by atoms with Gasteiger partial charge in [0.2, 0.25) is 0 Å². The van der Waals surface area contributed by atoms with Crippen molar-refractivity contribution in [2.75, 3.05) is 13.2 Å². The zero-order valence-corrected chi connectivity index (χ0v) is 16.5. The van der Waals surface area contributed by atoms with Crippen LogP contribution in [0.5, 0.6) is 0 Å². The van der Waals surface area contributed by atoms with Crippen LogP contribution >= 0.6 is 0 Å². The molecule has 8 nitrogen and oxygen atoms in total. The number of epoxide rings is 2. The Kier molecular flexibility index (Phi) is 3.84. The molecule has 0 bridgehead atoms. The van der Waals surface area contributed by atoms with E-state index in [1.54, 1.807) is 6.92 Å².